The molecular formula is C14H21FN2O. The van der Waals surface area contributed by atoms with E-state index in [0.29, 0.717) is 11.6 Å². The van der Waals surface area contributed by atoms with Gasteiger partial charge in [0.1, 0.15) is 0 Å². The number of pyridine rings is 1. The lowest BCUT2D eigenvalue weighted by molar-refractivity contribution is 0.184. The van der Waals surface area contributed by atoms with E-state index in [2.05, 4.69) is 9.88 Å². The van der Waals surface area contributed by atoms with Crippen LogP contribution in [0.4, 0.5) is 10.1 Å². The Morgan fingerprint density at radius 2 is 2.44 bits per heavy atom. The number of halogens is 1. The number of nitrogens with zero attached hydrogens (tertiary/aromatic N) is 2. The smallest absolute Gasteiger partial charge is 0.164 e. The number of hydrogen-bond acceptors (Lipinski definition) is 3. The summed E-state index contributed by atoms with van der Waals surface area (Å²) in [5.74, 6) is 0.441. The summed E-state index contributed by atoms with van der Waals surface area (Å²) in [4.78, 5) is 5.95. The van der Waals surface area contributed by atoms with Crippen molar-refractivity contribution in [1.82, 2.24) is 4.98 Å². The summed E-state index contributed by atoms with van der Waals surface area (Å²) in [7, 11) is 1.74. The van der Waals surface area contributed by atoms with Gasteiger partial charge in [-0.1, -0.05) is 0 Å². The minimum atomic E-state index is -0.213. The highest BCUT2D eigenvalue weighted by atomic mass is 19.1. The molecule has 2 heterocycles. The molecule has 1 fully saturated rings. The van der Waals surface area contributed by atoms with Gasteiger partial charge in [0.05, 0.1) is 11.9 Å². The van der Waals surface area contributed by atoms with E-state index in [1.54, 1.807) is 19.4 Å². The van der Waals surface area contributed by atoms with E-state index in [4.69, 9.17) is 4.74 Å². The van der Waals surface area contributed by atoms with Crippen molar-refractivity contribution >= 4 is 5.69 Å². The summed E-state index contributed by atoms with van der Waals surface area (Å²) in [5, 5.41) is 0. The van der Waals surface area contributed by atoms with Crippen LogP contribution in [0.2, 0.25) is 0 Å². The molecule has 2 rings (SSSR count). The fourth-order valence-corrected chi connectivity index (χ4v) is 2.66. The number of hydrogen-bond donors (Lipinski definition) is 0. The van der Waals surface area contributed by atoms with E-state index < -0.39 is 0 Å². The average Bonchev–Trinajstić information content (AvgIpc) is 2.40. The topological polar surface area (TPSA) is 25.4 Å². The van der Waals surface area contributed by atoms with Crippen LogP contribution < -0.4 is 4.90 Å². The number of aromatic nitrogens is 1. The summed E-state index contributed by atoms with van der Waals surface area (Å²) in [6, 6.07) is 1.77. The number of piperidine rings is 1. The quantitative estimate of drug-likeness (QED) is 0.753. The SMILES string of the molecule is COCCC[C@H]1CCCN(c2ccncc2F)C1. The van der Waals surface area contributed by atoms with Crippen molar-refractivity contribution in [2.45, 2.75) is 25.7 Å². The summed E-state index contributed by atoms with van der Waals surface area (Å²) >= 11 is 0. The Morgan fingerprint density at radius 3 is 3.22 bits per heavy atom. The van der Waals surface area contributed by atoms with Gasteiger partial charge < -0.3 is 9.64 Å². The average molecular weight is 252 g/mol. The third-order valence-corrected chi connectivity index (χ3v) is 3.57. The molecular weight excluding hydrogens is 231 g/mol. The van der Waals surface area contributed by atoms with E-state index in [9.17, 15) is 4.39 Å². The lowest BCUT2D eigenvalue weighted by atomic mass is 9.93. The minimum Gasteiger partial charge on any atom is -0.385 e. The Kier molecular flexibility index (Phi) is 4.93. The first-order chi connectivity index (χ1) is 8.81. The molecule has 0 bridgehead atoms. The van der Waals surface area contributed by atoms with Crippen molar-refractivity contribution < 1.29 is 9.13 Å². The second-order valence-electron chi connectivity index (χ2n) is 4.92. The van der Waals surface area contributed by atoms with Gasteiger partial charge >= 0.3 is 0 Å². The highest BCUT2D eigenvalue weighted by Gasteiger charge is 2.21. The second-order valence-corrected chi connectivity index (χ2v) is 4.92. The monoisotopic (exact) mass is 252 g/mol. The van der Waals surface area contributed by atoms with E-state index >= 15 is 0 Å². The highest BCUT2D eigenvalue weighted by molar-refractivity contribution is 5.46. The maximum atomic E-state index is 13.7. The van der Waals surface area contributed by atoms with Crippen molar-refractivity contribution in [3.63, 3.8) is 0 Å². The summed E-state index contributed by atoms with van der Waals surface area (Å²) in [6.07, 6.45) is 7.59. The van der Waals surface area contributed by atoms with Crippen LogP contribution in [-0.2, 0) is 4.74 Å². The predicted molar refractivity (Wildman–Crippen MR) is 70.2 cm³/mol. The third-order valence-electron chi connectivity index (χ3n) is 3.57. The molecule has 1 aromatic heterocycles. The molecule has 1 aliphatic rings. The van der Waals surface area contributed by atoms with Crippen molar-refractivity contribution in [3.8, 4) is 0 Å². The zero-order valence-electron chi connectivity index (χ0n) is 10.9. The fourth-order valence-electron chi connectivity index (χ4n) is 2.66. The molecule has 0 amide bonds. The van der Waals surface area contributed by atoms with Crippen LogP contribution in [0.3, 0.4) is 0 Å². The molecule has 1 saturated heterocycles. The van der Waals surface area contributed by atoms with Gasteiger partial charge in [-0.3, -0.25) is 4.98 Å². The Labute approximate surface area is 108 Å². The third kappa shape index (κ3) is 3.42. The molecule has 0 aliphatic carbocycles. The molecule has 0 saturated carbocycles. The molecule has 0 radical (unpaired) electrons. The molecule has 18 heavy (non-hydrogen) atoms. The van der Waals surface area contributed by atoms with Gasteiger partial charge in [0.2, 0.25) is 0 Å². The molecule has 1 aliphatic heterocycles. The molecule has 4 heteroatoms. The molecule has 0 unspecified atom stereocenters. The van der Waals surface area contributed by atoms with Crippen LogP contribution >= 0.6 is 0 Å². The van der Waals surface area contributed by atoms with Crippen LogP contribution in [0.1, 0.15) is 25.7 Å². The zero-order chi connectivity index (χ0) is 12.8. The van der Waals surface area contributed by atoms with Crippen LogP contribution in [0, 0.1) is 11.7 Å². The molecule has 1 atom stereocenters. The van der Waals surface area contributed by atoms with Crippen molar-refractivity contribution in [2.75, 3.05) is 31.7 Å². The van der Waals surface area contributed by atoms with E-state index in [1.807, 2.05) is 0 Å². The Morgan fingerprint density at radius 1 is 1.56 bits per heavy atom. The van der Waals surface area contributed by atoms with Gasteiger partial charge in [-0.25, -0.2) is 4.39 Å². The molecule has 0 spiro atoms. The van der Waals surface area contributed by atoms with Crippen molar-refractivity contribution in [3.05, 3.63) is 24.3 Å². The van der Waals surface area contributed by atoms with Crippen molar-refractivity contribution in [1.29, 1.82) is 0 Å². The lowest BCUT2D eigenvalue weighted by Gasteiger charge is -2.34. The van der Waals surface area contributed by atoms with Crippen LogP contribution in [0.5, 0.6) is 0 Å². The Balaban J connectivity index is 1.92. The summed E-state index contributed by atoms with van der Waals surface area (Å²) in [5.41, 5.74) is 0.696. The minimum absolute atomic E-state index is 0.213. The lowest BCUT2D eigenvalue weighted by Crippen LogP contribution is -2.36. The molecule has 0 N–H and O–H groups in total. The predicted octanol–water partition coefficient (Wildman–Crippen LogP) is 2.86. The van der Waals surface area contributed by atoms with Gasteiger partial charge in [0.15, 0.2) is 5.82 Å². The maximum absolute atomic E-state index is 13.7. The van der Waals surface area contributed by atoms with Gasteiger partial charge in [0.25, 0.3) is 0 Å². The number of rotatable bonds is 5. The van der Waals surface area contributed by atoms with Crippen molar-refractivity contribution in [2.24, 2.45) is 5.92 Å². The fraction of sp³-hybridized carbons (Fsp3) is 0.643. The van der Waals surface area contributed by atoms with Crippen LogP contribution in [-0.4, -0.2) is 31.8 Å². The van der Waals surface area contributed by atoms with Gasteiger partial charge in [-0.05, 0) is 37.7 Å². The maximum Gasteiger partial charge on any atom is 0.164 e. The summed E-state index contributed by atoms with van der Waals surface area (Å²) in [6.45, 7) is 2.71. The molecule has 0 aromatic carbocycles. The first kappa shape index (κ1) is 13.3. The van der Waals surface area contributed by atoms with Gasteiger partial charge in [-0.2, -0.15) is 0 Å². The number of ether oxygens (including phenoxy) is 1. The van der Waals surface area contributed by atoms with E-state index in [-0.39, 0.29) is 5.82 Å². The first-order valence-electron chi connectivity index (χ1n) is 6.64. The molecule has 1 aromatic rings. The summed E-state index contributed by atoms with van der Waals surface area (Å²) < 4.78 is 18.8. The van der Waals surface area contributed by atoms with E-state index in [0.717, 1.165) is 39.0 Å². The number of methoxy groups -OCH3 is 1. The standard InChI is InChI=1S/C14H21FN2O/c1-18-9-3-5-12-4-2-8-17(11-12)14-6-7-16-10-13(14)15/h6-7,10,12H,2-5,8-9,11H2,1H3/t12-/m1/s1. The second kappa shape index (κ2) is 6.69. The van der Waals surface area contributed by atoms with Gasteiger partial charge in [-0.15, -0.1) is 0 Å². The first-order valence-corrected chi connectivity index (χ1v) is 6.64. The molecule has 100 valence electrons. The Bertz CT molecular complexity index is 373. The molecule has 3 nitrogen and oxygen atoms in total. The largest absolute Gasteiger partial charge is 0.385 e. The van der Waals surface area contributed by atoms with Crippen LogP contribution in [0.25, 0.3) is 0 Å². The number of anilines is 1. The normalized spacial score (nSPS) is 20.1. The Hall–Kier alpha value is -1.16. The van der Waals surface area contributed by atoms with Gasteiger partial charge in [0, 0.05) is 33.0 Å². The highest BCUT2D eigenvalue weighted by Crippen LogP contribution is 2.27. The van der Waals surface area contributed by atoms with Crippen LogP contribution in [0.15, 0.2) is 18.5 Å². The van der Waals surface area contributed by atoms with E-state index in [1.165, 1.54) is 12.6 Å². The zero-order valence-corrected chi connectivity index (χ0v) is 10.9.